The van der Waals surface area contributed by atoms with Crippen molar-refractivity contribution in [1.29, 1.82) is 0 Å². The normalized spacial score (nSPS) is 20.0. The zero-order valence-corrected chi connectivity index (χ0v) is 24.8. The van der Waals surface area contributed by atoms with Gasteiger partial charge in [-0.25, -0.2) is 19.2 Å². The van der Waals surface area contributed by atoms with E-state index in [2.05, 4.69) is 25.0 Å². The van der Waals surface area contributed by atoms with Crippen molar-refractivity contribution in [2.45, 2.75) is 50.3 Å². The molecule has 2 aromatic heterocycles. The number of piperazine rings is 1. The van der Waals surface area contributed by atoms with Crippen LogP contribution in [0.2, 0.25) is 0 Å². The first-order valence-electron chi connectivity index (χ1n) is 15.4. The van der Waals surface area contributed by atoms with Crippen LogP contribution in [0.1, 0.15) is 42.9 Å². The number of carbonyl (C=O) groups is 1. The van der Waals surface area contributed by atoms with Crippen LogP contribution in [0.25, 0.3) is 11.3 Å². The molecule has 45 heavy (non-hydrogen) atoms. The quantitative estimate of drug-likeness (QED) is 0.316. The number of anilines is 3. The van der Waals surface area contributed by atoms with Crippen molar-refractivity contribution in [3.8, 4) is 17.0 Å². The van der Waals surface area contributed by atoms with Gasteiger partial charge >= 0.3 is 6.09 Å². The first-order valence-corrected chi connectivity index (χ1v) is 15.4. The van der Waals surface area contributed by atoms with Crippen LogP contribution in [0.4, 0.5) is 26.6 Å². The lowest BCUT2D eigenvalue weighted by molar-refractivity contribution is 0.0868. The van der Waals surface area contributed by atoms with Crippen molar-refractivity contribution in [2.24, 2.45) is 0 Å². The van der Waals surface area contributed by atoms with Crippen molar-refractivity contribution < 1.29 is 19.0 Å². The Morgan fingerprint density at radius 2 is 1.73 bits per heavy atom. The van der Waals surface area contributed by atoms with Gasteiger partial charge < -0.3 is 30.3 Å². The van der Waals surface area contributed by atoms with E-state index in [4.69, 9.17) is 15.5 Å². The number of aromatic nitrogens is 4. The molecule has 0 unspecified atom stereocenters. The molecule has 2 atom stereocenters. The summed E-state index contributed by atoms with van der Waals surface area (Å²) in [5, 5.41) is 18.5. The van der Waals surface area contributed by atoms with Crippen LogP contribution in [0, 0.1) is 5.82 Å². The number of amides is 1. The van der Waals surface area contributed by atoms with E-state index in [0.29, 0.717) is 37.6 Å². The molecule has 12 heteroatoms. The first kappa shape index (κ1) is 28.8. The van der Waals surface area contributed by atoms with E-state index in [9.17, 15) is 14.3 Å². The molecule has 4 aromatic rings. The Labute approximate surface area is 260 Å². The van der Waals surface area contributed by atoms with Gasteiger partial charge in [-0.1, -0.05) is 36.4 Å². The summed E-state index contributed by atoms with van der Waals surface area (Å²) >= 11 is 0. The number of benzene rings is 2. The molecule has 11 nitrogen and oxygen atoms in total. The molecule has 0 aliphatic carbocycles. The van der Waals surface area contributed by atoms with Crippen LogP contribution < -0.4 is 15.5 Å². The zero-order chi connectivity index (χ0) is 30.9. The molecular weight excluding hydrogens is 575 g/mol. The number of hydrogen-bond acceptors (Lipinski definition) is 10. The molecule has 3 aliphatic heterocycles. The van der Waals surface area contributed by atoms with Gasteiger partial charge in [-0.2, -0.15) is 0 Å². The predicted octanol–water partition coefficient (Wildman–Crippen LogP) is 4.73. The minimum absolute atomic E-state index is 0.179. The van der Waals surface area contributed by atoms with E-state index in [1.165, 1.54) is 12.1 Å². The number of likely N-dealkylation sites (tertiary alicyclic amines) is 1. The molecule has 3 N–H and O–H groups in total. The van der Waals surface area contributed by atoms with Crippen LogP contribution in [-0.4, -0.2) is 74.5 Å². The summed E-state index contributed by atoms with van der Waals surface area (Å²) < 4.78 is 19.6. The third kappa shape index (κ3) is 5.79. The number of carbonyl (C=O) groups excluding carboxylic acids is 1. The van der Waals surface area contributed by atoms with Gasteiger partial charge in [0.2, 0.25) is 5.95 Å². The molecule has 7 rings (SSSR count). The molecule has 1 amide bonds. The molecule has 0 saturated carbocycles. The number of phenols is 1. The number of rotatable bonds is 6. The van der Waals surface area contributed by atoms with Gasteiger partial charge in [0, 0.05) is 61.6 Å². The highest BCUT2D eigenvalue weighted by atomic mass is 19.1. The molecule has 0 radical (unpaired) electrons. The number of nitrogens with zero attached hydrogens (tertiary/aromatic N) is 7. The fourth-order valence-corrected chi connectivity index (χ4v) is 6.81. The average Bonchev–Trinajstić information content (AvgIpc) is 3.34. The maximum atomic E-state index is 14.0. The van der Waals surface area contributed by atoms with Crippen LogP contribution in [0.15, 0.2) is 66.9 Å². The second-order valence-electron chi connectivity index (χ2n) is 11.9. The Morgan fingerprint density at radius 3 is 2.49 bits per heavy atom. The lowest BCUT2D eigenvalue weighted by atomic mass is 9.93. The summed E-state index contributed by atoms with van der Waals surface area (Å²) in [6.07, 6.45) is 5.18. The maximum Gasteiger partial charge on any atom is 0.410 e. The van der Waals surface area contributed by atoms with E-state index in [1.54, 1.807) is 17.0 Å². The van der Waals surface area contributed by atoms with Crippen LogP contribution >= 0.6 is 0 Å². The Hall–Kier alpha value is -5.00. The highest BCUT2D eigenvalue weighted by molar-refractivity contribution is 5.74. The minimum Gasteiger partial charge on any atom is -0.504 e. The second kappa shape index (κ2) is 12.2. The Kier molecular flexibility index (Phi) is 7.78. The van der Waals surface area contributed by atoms with Crippen molar-refractivity contribution in [3.05, 3.63) is 83.9 Å². The lowest BCUT2D eigenvalue weighted by Crippen LogP contribution is -2.54. The molecular formula is C33H35FN8O3. The maximum absolute atomic E-state index is 14.0. The molecule has 232 valence electrons. The molecule has 3 fully saturated rings. The van der Waals surface area contributed by atoms with E-state index in [0.717, 1.165) is 42.9 Å². The summed E-state index contributed by atoms with van der Waals surface area (Å²) in [5.74, 6) is 0.0855. The number of aromatic hydroxyl groups is 1. The standard InChI is InChI=1S/C33H35FN8O3/c34-26-8-4-7-25(30(26)43)28-17-29(31(35)39-38-28)41-18-23-9-10-24(19-41)42(23)32-36-14-11-27(37-32)22-12-15-40(16-13-22)33(44)45-20-21-5-2-1-3-6-21/h1-8,11,14,17,22-24,43H,9-10,12-13,15-16,18-20H2,(H2,35,39)/t23-,24+. The van der Waals surface area contributed by atoms with E-state index >= 15 is 0 Å². The monoisotopic (exact) mass is 610 g/mol. The number of nitrogens with two attached hydrogens (primary N) is 1. The number of hydrogen-bond donors (Lipinski definition) is 2. The topological polar surface area (TPSA) is 134 Å². The van der Waals surface area contributed by atoms with Gasteiger partial charge in [0.05, 0.1) is 11.4 Å². The predicted molar refractivity (Wildman–Crippen MR) is 167 cm³/mol. The molecule has 2 aromatic carbocycles. The van der Waals surface area contributed by atoms with Crippen molar-refractivity contribution >= 4 is 23.5 Å². The number of phenolic OH excluding ortho intramolecular Hbond substituents is 1. The molecule has 2 bridgehead atoms. The largest absolute Gasteiger partial charge is 0.504 e. The summed E-state index contributed by atoms with van der Waals surface area (Å²) in [6.45, 7) is 2.90. The summed E-state index contributed by atoms with van der Waals surface area (Å²) in [4.78, 5) is 28.7. The summed E-state index contributed by atoms with van der Waals surface area (Å²) in [5.41, 5.74) is 9.59. The average molecular weight is 611 g/mol. The molecule has 3 aliphatic rings. The van der Waals surface area contributed by atoms with Gasteiger partial charge in [-0.3, -0.25) is 0 Å². The van der Waals surface area contributed by atoms with Crippen molar-refractivity contribution in [2.75, 3.05) is 41.7 Å². The Morgan fingerprint density at radius 1 is 0.978 bits per heavy atom. The van der Waals surface area contributed by atoms with Crippen LogP contribution in [0.3, 0.4) is 0 Å². The summed E-state index contributed by atoms with van der Waals surface area (Å²) in [7, 11) is 0. The van der Waals surface area contributed by atoms with Crippen LogP contribution in [-0.2, 0) is 11.3 Å². The van der Waals surface area contributed by atoms with Gasteiger partial charge in [0.15, 0.2) is 17.4 Å². The Bertz CT molecular complexity index is 1670. The third-order valence-electron chi connectivity index (χ3n) is 9.16. The van der Waals surface area contributed by atoms with Crippen molar-refractivity contribution in [3.63, 3.8) is 0 Å². The SMILES string of the molecule is Nc1nnc(-c2cccc(F)c2O)cc1N1C[C@H]2CC[C@@H](C1)N2c1nccc(C2CCN(C(=O)OCc3ccccc3)CC2)n1. The number of ether oxygens (including phenoxy) is 1. The molecule has 0 spiro atoms. The minimum atomic E-state index is -0.714. The summed E-state index contributed by atoms with van der Waals surface area (Å²) in [6, 6.07) is 18.2. The lowest BCUT2D eigenvalue weighted by Gasteiger charge is -2.42. The highest BCUT2D eigenvalue weighted by Crippen LogP contribution is 2.39. The molecule has 5 heterocycles. The first-order chi connectivity index (χ1) is 21.9. The van der Waals surface area contributed by atoms with Crippen molar-refractivity contribution in [1.82, 2.24) is 25.1 Å². The highest BCUT2D eigenvalue weighted by Gasteiger charge is 2.42. The van der Waals surface area contributed by atoms with E-state index in [1.807, 2.05) is 42.6 Å². The number of fused-ring (bicyclic) bond motifs is 2. The zero-order valence-electron chi connectivity index (χ0n) is 24.8. The number of halogens is 1. The Balaban J connectivity index is 1.01. The van der Waals surface area contributed by atoms with Gasteiger partial charge in [0.25, 0.3) is 0 Å². The third-order valence-corrected chi connectivity index (χ3v) is 9.16. The fourth-order valence-electron chi connectivity index (χ4n) is 6.81. The smallest absolute Gasteiger partial charge is 0.410 e. The van der Waals surface area contributed by atoms with Crippen LogP contribution in [0.5, 0.6) is 5.75 Å². The van der Waals surface area contributed by atoms with Gasteiger partial charge in [0.1, 0.15) is 6.61 Å². The second-order valence-corrected chi connectivity index (χ2v) is 11.9. The number of para-hydroxylation sites is 1. The fraction of sp³-hybridized carbons (Fsp3) is 0.364. The number of nitrogen functional groups attached to an aromatic ring is 1. The van der Waals surface area contributed by atoms with Gasteiger partial charge in [-0.15, -0.1) is 10.2 Å². The number of piperidine rings is 1. The molecule has 3 saturated heterocycles. The van der Waals surface area contributed by atoms with Gasteiger partial charge in [-0.05, 0) is 55.5 Å². The van der Waals surface area contributed by atoms with E-state index < -0.39 is 11.6 Å². The van der Waals surface area contributed by atoms with E-state index in [-0.39, 0.29) is 42.1 Å².